The molecule has 5 heteroatoms. The Morgan fingerprint density at radius 1 is 0.818 bits per heavy atom. The zero-order valence-corrected chi connectivity index (χ0v) is 25.8. The molecule has 0 amide bonds. The predicted octanol–water partition coefficient (Wildman–Crippen LogP) is 9.17. The molecule has 0 spiro atoms. The number of fused-ring (bicyclic) bond motifs is 4. The van der Waals surface area contributed by atoms with E-state index in [-0.39, 0.29) is 55.5 Å². The molecule has 219 valence electrons. The van der Waals surface area contributed by atoms with Crippen molar-refractivity contribution in [2.75, 3.05) is 0 Å². The molecule has 0 saturated heterocycles. The number of hydrogen-bond donors (Lipinski definition) is 0. The van der Waals surface area contributed by atoms with Crippen molar-refractivity contribution >= 4 is 22.1 Å². The minimum Gasteiger partial charge on any atom is -0.486 e. The van der Waals surface area contributed by atoms with Gasteiger partial charge >= 0.3 is 0 Å². The van der Waals surface area contributed by atoms with E-state index in [0.29, 0.717) is 28.0 Å². The molecule has 4 aromatic heterocycles. The SMILES string of the molecule is [2H]C([2H])([2H])c1ccc(-c2[c-]cccc2)nc1.[2H]C1([2H])CCC([2H])([2H])c2cc(-c3[c-]ccc4c3oc3nc(C([2H])([2H])c5ccccc5)ccc34)ncc21.[Ir]. The first-order valence-electron chi connectivity index (χ1n) is 18.4. The monoisotopic (exact) mass is 759 g/mol. The van der Waals surface area contributed by atoms with Crippen molar-refractivity contribution in [3.8, 4) is 22.5 Å². The summed E-state index contributed by atoms with van der Waals surface area (Å²) in [6.07, 6.45) is -2.12. The van der Waals surface area contributed by atoms with E-state index in [9.17, 15) is 0 Å². The first-order chi connectivity index (χ1) is 24.6. The zero-order valence-electron chi connectivity index (χ0n) is 32.4. The van der Waals surface area contributed by atoms with Gasteiger partial charge in [-0.1, -0.05) is 65.0 Å². The minimum atomic E-state index is -2.09. The quantitative estimate of drug-likeness (QED) is 0.168. The molecular weight excluding hydrogens is 719 g/mol. The Labute approximate surface area is 284 Å². The van der Waals surface area contributed by atoms with Crippen LogP contribution in [0.1, 0.15) is 53.1 Å². The summed E-state index contributed by atoms with van der Waals surface area (Å²) >= 11 is 0. The summed E-state index contributed by atoms with van der Waals surface area (Å²) in [5.41, 5.74) is 4.83. The van der Waals surface area contributed by atoms with Gasteiger partial charge in [0.05, 0.1) is 5.58 Å². The number of nitrogens with zero attached hydrogens (tertiary/aromatic N) is 3. The molecule has 7 aromatic rings. The molecule has 3 aromatic carbocycles. The van der Waals surface area contributed by atoms with E-state index >= 15 is 0 Å². The van der Waals surface area contributed by atoms with Crippen molar-refractivity contribution in [1.29, 1.82) is 0 Å². The summed E-state index contributed by atoms with van der Waals surface area (Å²) in [4.78, 5) is 13.1. The Morgan fingerprint density at radius 2 is 1.66 bits per heavy atom. The maximum Gasteiger partial charge on any atom is 0.216 e. The number of aryl methyl sites for hydroxylation is 3. The Bertz CT molecular complexity index is 2380. The van der Waals surface area contributed by atoms with Crippen molar-refractivity contribution in [3.05, 3.63) is 150 Å². The van der Waals surface area contributed by atoms with Crippen LogP contribution in [-0.2, 0) is 39.2 Å². The average molecular weight is 759 g/mol. The van der Waals surface area contributed by atoms with Crippen LogP contribution in [0.5, 0.6) is 0 Å². The molecule has 0 aliphatic heterocycles. The zero-order chi connectivity index (χ0) is 36.9. The second-order valence-electron chi connectivity index (χ2n) is 9.91. The minimum absolute atomic E-state index is 0. The molecule has 0 saturated carbocycles. The van der Waals surface area contributed by atoms with E-state index in [2.05, 4.69) is 27.1 Å². The van der Waals surface area contributed by atoms with Gasteiger partial charge in [-0.05, 0) is 72.7 Å². The van der Waals surface area contributed by atoms with Gasteiger partial charge in [-0.15, -0.1) is 54.1 Å². The van der Waals surface area contributed by atoms with Crippen molar-refractivity contribution < 1.29 is 36.9 Å². The molecule has 0 bridgehead atoms. The molecule has 1 aliphatic rings. The molecule has 1 aliphatic carbocycles. The Kier molecular flexibility index (Phi) is 6.27. The van der Waals surface area contributed by atoms with Gasteiger partial charge < -0.3 is 14.4 Å². The standard InChI is InChI=1S/C27H21N2O.C12H10N.Ir/c1-2-7-18(8-3-1)15-21-13-14-23-22-11-6-12-24(26(22)30-27(23)29-21)25-16-19-9-4-5-10-20(19)17-28-25;1-10-7-8-12(13-9-10)11-5-3-2-4-6-11;/h1-3,6-8,11,13-14,16-17H,4-5,9-10,15H2;2-5,7-9H,1H3;/q2*-1;/i9D2,10D2,15D2;1D3;. The van der Waals surface area contributed by atoms with Crippen LogP contribution in [0, 0.1) is 19.0 Å². The molecule has 8 rings (SSSR count). The summed E-state index contributed by atoms with van der Waals surface area (Å²) in [5.74, 6) is 0. The van der Waals surface area contributed by atoms with E-state index in [1.165, 1.54) is 12.4 Å². The van der Waals surface area contributed by atoms with Crippen LogP contribution < -0.4 is 0 Å². The van der Waals surface area contributed by atoms with E-state index in [0.717, 1.165) is 22.0 Å². The number of pyridine rings is 3. The Balaban J connectivity index is 0.000000238. The molecule has 0 atom stereocenters. The number of benzene rings is 3. The fourth-order valence-electron chi connectivity index (χ4n) is 4.93. The first-order valence-corrected chi connectivity index (χ1v) is 13.9. The third kappa shape index (κ3) is 6.40. The summed E-state index contributed by atoms with van der Waals surface area (Å²) in [7, 11) is 0. The third-order valence-corrected chi connectivity index (χ3v) is 7.01. The Morgan fingerprint density at radius 3 is 2.45 bits per heavy atom. The molecule has 4 heterocycles. The van der Waals surface area contributed by atoms with Gasteiger partial charge in [-0.2, -0.15) is 0 Å². The smallest absolute Gasteiger partial charge is 0.216 e. The van der Waals surface area contributed by atoms with E-state index in [1.54, 1.807) is 66.7 Å². The van der Waals surface area contributed by atoms with Gasteiger partial charge in [0.2, 0.25) is 5.71 Å². The van der Waals surface area contributed by atoms with Crippen molar-refractivity contribution in [3.63, 3.8) is 0 Å². The van der Waals surface area contributed by atoms with Crippen LogP contribution in [0.2, 0.25) is 0 Å². The second kappa shape index (κ2) is 13.5. The molecule has 1 radical (unpaired) electrons. The fraction of sp³-hybridized carbons (Fsp3) is 0.154. The fourth-order valence-corrected chi connectivity index (χ4v) is 4.93. The number of aromatic nitrogens is 3. The summed E-state index contributed by atoms with van der Waals surface area (Å²) in [5, 5.41) is 1.48. The Hall–Kier alpha value is -4.44. The molecule has 4 nitrogen and oxygen atoms in total. The van der Waals surface area contributed by atoms with Gasteiger partial charge in [-0.25, -0.2) is 4.98 Å². The van der Waals surface area contributed by atoms with Crippen molar-refractivity contribution in [2.45, 2.75) is 38.8 Å². The summed E-state index contributed by atoms with van der Waals surface area (Å²) in [6.45, 7) is -2.09. The second-order valence-corrected chi connectivity index (χ2v) is 9.91. The normalized spacial score (nSPS) is 18.1. The van der Waals surface area contributed by atoms with Gasteiger partial charge in [0.15, 0.2) is 0 Å². The molecule has 44 heavy (non-hydrogen) atoms. The summed E-state index contributed by atoms with van der Waals surface area (Å²) in [6, 6.07) is 34.4. The average Bonchev–Trinajstić information content (AvgIpc) is 3.52. The van der Waals surface area contributed by atoms with Crippen molar-refractivity contribution in [2.24, 2.45) is 0 Å². The molecule has 0 fully saturated rings. The number of rotatable bonds is 4. The molecular formula is C39H31IrN3O-2. The number of hydrogen-bond acceptors (Lipinski definition) is 4. The first kappa shape index (κ1) is 20.5. The number of furan rings is 1. The van der Waals surface area contributed by atoms with Crippen molar-refractivity contribution in [1.82, 2.24) is 15.0 Å². The third-order valence-electron chi connectivity index (χ3n) is 7.01. The maximum absolute atomic E-state index is 8.63. The van der Waals surface area contributed by atoms with E-state index in [4.69, 9.17) is 16.8 Å². The van der Waals surface area contributed by atoms with Crippen LogP contribution in [-0.4, -0.2) is 15.0 Å². The van der Waals surface area contributed by atoms with E-state index in [1.807, 2.05) is 30.3 Å². The van der Waals surface area contributed by atoms with Crippen LogP contribution in [0.25, 0.3) is 44.6 Å². The maximum atomic E-state index is 8.63. The summed E-state index contributed by atoms with van der Waals surface area (Å²) < 4.78 is 78.6. The van der Waals surface area contributed by atoms with E-state index < -0.39 is 26.0 Å². The van der Waals surface area contributed by atoms with Crippen LogP contribution >= 0.6 is 0 Å². The molecule has 0 unspecified atom stereocenters. The topological polar surface area (TPSA) is 51.8 Å². The van der Waals surface area contributed by atoms with Crippen LogP contribution in [0.15, 0.2) is 114 Å². The van der Waals surface area contributed by atoms with Crippen LogP contribution in [0.3, 0.4) is 0 Å². The van der Waals surface area contributed by atoms with Gasteiger partial charge in [0, 0.05) is 62.3 Å². The largest absolute Gasteiger partial charge is 0.486 e. The van der Waals surface area contributed by atoms with Gasteiger partial charge in [-0.3, -0.25) is 0 Å². The van der Waals surface area contributed by atoms with Gasteiger partial charge in [0.25, 0.3) is 0 Å². The van der Waals surface area contributed by atoms with Gasteiger partial charge in [0.1, 0.15) is 0 Å². The van der Waals surface area contributed by atoms with Crippen LogP contribution in [0.4, 0.5) is 0 Å². The molecule has 0 N–H and O–H groups in total. The predicted molar refractivity (Wildman–Crippen MR) is 173 cm³/mol.